The number of hydrogen-bond donors (Lipinski definition) is 1. The first-order valence-electron chi connectivity index (χ1n) is 7.46. The van der Waals surface area contributed by atoms with E-state index in [9.17, 15) is 9.59 Å². The molecule has 0 radical (unpaired) electrons. The number of H-pyrrole nitrogens is 1. The summed E-state index contributed by atoms with van der Waals surface area (Å²) in [6.45, 7) is 0.328. The fourth-order valence-corrected chi connectivity index (χ4v) is 4.25. The van der Waals surface area contributed by atoms with Crippen LogP contribution in [0.25, 0.3) is 10.2 Å². The number of aromatic amines is 1. The van der Waals surface area contributed by atoms with E-state index in [0.29, 0.717) is 22.5 Å². The van der Waals surface area contributed by atoms with Crippen molar-refractivity contribution in [1.29, 1.82) is 0 Å². The number of nitrogens with one attached hydrogen (secondary N) is 1. The lowest BCUT2D eigenvalue weighted by Crippen LogP contribution is -2.29. The number of carbonyl (C=O) groups excluding carboxylic acids is 1. The van der Waals surface area contributed by atoms with Crippen LogP contribution in [0.2, 0.25) is 0 Å². The smallest absolute Gasteiger partial charge is 0.289 e. The Bertz CT molecular complexity index is 940. The highest BCUT2D eigenvalue weighted by atomic mass is 32.1. The third-order valence-electron chi connectivity index (χ3n) is 4.10. The van der Waals surface area contributed by atoms with Crippen LogP contribution in [0, 0.1) is 0 Å². The second-order valence-corrected chi connectivity index (χ2v) is 6.78. The summed E-state index contributed by atoms with van der Waals surface area (Å²) in [5.74, 6) is 0.435. The first kappa shape index (κ1) is 14.2. The molecule has 118 valence electrons. The summed E-state index contributed by atoms with van der Waals surface area (Å²) in [5, 5.41) is 0.660. The third-order valence-corrected chi connectivity index (χ3v) is 5.28. The molecule has 1 aliphatic rings. The Morgan fingerprint density at radius 1 is 1.48 bits per heavy atom. The number of aryl methyl sites for hydroxylation is 2. The predicted octanol–water partition coefficient (Wildman–Crippen LogP) is 2.34. The van der Waals surface area contributed by atoms with Crippen molar-refractivity contribution < 1.29 is 9.21 Å². The van der Waals surface area contributed by atoms with Crippen LogP contribution in [0.1, 0.15) is 33.2 Å². The maximum atomic E-state index is 12.5. The van der Waals surface area contributed by atoms with Crippen molar-refractivity contribution in [3.63, 3.8) is 0 Å². The minimum Gasteiger partial charge on any atom is -0.467 e. The van der Waals surface area contributed by atoms with Crippen LogP contribution in [-0.4, -0.2) is 27.8 Å². The van der Waals surface area contributed by atoms with Gasteiger partial charge in [0.1, 0.15) is 10.6 Å². The molecule has 6 nitrogen and oxygen atoms in total. The van der Waals surface area contributed by atoms with Crippen molar-refractivity contribution in [2.45, 2.75) is 25.8 Å². The normalized spacial score (nSPS) is 13.4. The molecule has 3 aromatic heterocycles. The molecule has 0 unspecified atom stereocenters. The number of amides is 1. The van der Waals surface area contributed by atoms with Gasteiger partial charge < -0.3 is 14.3 Å². The Morgan fingerprint density at radius 3 is 3.13 bits per heavy atom. The summed E-state index contributed by atoms with van der Waals surface area (Å²) in [6.07, 6.45) is 4.57. The van der Waals surface area contributed by atoms with Gasteiger partial charge in [0.2, 0.25) is 5.82 Å². The molecule has 0 saturated heterocycles. The van der Waals surface area contributed by atoms with Crippen molar-refractivity contribution in [1.82, 2.24) is 14.9 Å². The molecule has 0 spiro atoms. The molecule has 0 atom stereocenters. The molecule has 0 bridgehead atoms. The maximum Gasteiger partial charge on any atom is 0.289 e. The van der Waals surface area contributed by atoms with Gasteiger partial charge in [-0.15, -0.1) is 11.3 Å². The lowest BCUT2D eigenvalue weighted by Gasteiger charge is -2.14. The molecule has 1 aliphatic carbocycles. The average molecular weight is 329 g/mol. The fraction of sp³-hybridized carbons (Fsp3) is 0.312. The molecule has 0 aliphatic heterocycles. The van der Waals surface area contributed by atoms with Gasteiger partial charge in [-0.25, -0.2) is 4.98 Å². The highest BCUT2D eigenvalue weighted by Gasteiger charge is 2.23. The molecule has 0 aromatic carbocycles. The van der Waals surface area contributed by atoms with Gasteiger partial charge in [-0.05, 0) is 37.0 Å². The zero-order valence-corrected chi connectivity index (χ0v) is 13.4. The summed E-state index contributed by atoms with van der Waals surface area (Å²) in [5.41, 5.74) is 0.894. The number of aromatic nitrogens is 2. The van der Waals surface area contributed by atoms with Gasteiger partial charge in [0, 0.05) is 11.9 Å². The number of thiophene rings is 1. The van der Waals surface area contributed by atoms with Crippen molar-refractivity contribution in [3.8, 4) is 0 Å². The van der Waals surface area contributed by atoms with E-state index >= 15 is 0 Å². The zero-order valence-electron chi connectivity index (χ0n) is 12.6. The van der Waals surface area contributed by atoms with Gasteiger partial charge in [-0.3, -0.25) is 9.59 Å². The Labute approximate surface area is 135 Å². The molecule has 0 saturated carbocycles. The highest BCUT2D eigenvalue weighted by Crippen LogP contribution is 2.34. The minimum absolute atomic E-state index is 0.0801. The van der Waals surface area contributed by atoms with Crippen LogP contribution < -0.4 is 5.56 Å². The molecule has 3 aromatic rings. The lowest BCUT2D eigenvalue weighted by molar-refractivity contribution is 0.0763. The highest BCUT2D eigenvalue weighted by molar-refractivity contribution is 7.18. The summed E-state index contributed by atoms with van der Waals surface area (Å²) >= 11 is 1.53. The monoisotopic (exact) mass is 329 g/mol. The van der Waals surface area contributed by atoms with Crippen LogP contribution in [0.15, 0.2) is 27.6 Å². The van der Waals surface area contributed by atoms with E-state index in [-0.39, 0.29) is 17.3 Å². The molecule has 3 heterocycles. The van der Waals surface area contributed by atoms with Crippen LogP contribution in [0.4, 0.5) is 0 Å². The zero-order chi connectivity index (χ0) is 16.0. The second kappa shape index (κ2) is 5.34. The van der Waals surface area contributed by atoms with E-state index in [1.165, 1.54) is 21.1 Å². The summed E-state index contributed by atoms with van der Waals surface area (Å²) in [6, 6.07) is 3.57. The number of fused-ring (bicyclic) bond motifs is 3. The van der Waals surface area contributed by atoms with Crippen LogP contribution in [0.5, 0.6) is 0 Å². The van der Waals surface area contributed by atoms with Crippen molar-refractivity contribution in [3.05, 3.63) is 50.8 Å². The maximum absolute atomic E-state index is 12.5. The van der Waals surface area contributed by atoms with Crippen molar-refractivity contribution >= 4 is 27.5 Å². The van der Waals surface area contributed by atoms with E-state index in [1.54, 1.807) is 25.4 Å². The Hall–Kier alpha value is -2.41. The number of carbonyl (C=O) groups is 1. The van der Waals surface area contributed by atoms with Gasteiger partial charge in [-0.2, -0.15) is 0 Å². The fourth-order valence-electron chi connectivity index (χ4n) is 2.99. The summed E-state index contributed by atoms with van der Waals surface area (Å²) in [4.78, 5) is 35.3. The Morgan fingerprint density at radius 2 is 2.35 bits per heavy atom. The molecule has 4 rings (SSSR count). The average Bonchev–Trinajstić information content (AvgIpc) is 3.22. The van der Waals surface area contributed by atoms with E-state index < -0.39 is 0 Å². The summed E-state index contributed by atoms with van der Waals surface area (Å²) < 4.78 is 5.24. The topological polar surface area (TPSA) is 79.2 Å². The van der Waals surface area contributed by atoms with E-state index in [4.69, 9.17) is 4.42 Å². The molecule has 0 fully saturated rings. The van der Waals surface area contributed by atoms with Crippen LogP contribution in [-0.2, 0) is 19.4 Å². The largest absolute Gasteiger partial charge is 0.467 e. The van der Waals surface area contributed by atoms with Crippen LogP contribution >= 0.6 is 11.3 Å². The van der Waals surface area contributed by atoms with Gasteiger partial charge in [0.25, 0.3) is 11.5 Å². The van der Waals surface area contributed by atoms with Gasteiger partial charge >= 0.3 is 0 Å². The first-order valence-corrected chi connectivity index (χ1v) is 8.27. The van der Waals surface area contributed by atoms with E-state index in [2.05, 4.69) is 9.97 Å². The number of furan rings is 1. The second-order valence-electron chi connectivity index (χ2n) is 5.69. The molecule has 7 heteroatoms. The Balaban J connectivity index is 1.69. The van der Waals surface area contributed by atoms with Crippen molar-refractivity contribution in [2.75, 3.05) is 7.05 Å². The first-order chi connectivity index (χ1) is 11.1. The molecular formula is C16H15N3O3S. The van der Waals surface area contributed by atoms with Crippen LogP contribution in [0.3, 0.4) is 0 Å². The third kappa shape index (κ3) is 2.37. The molecule has 1 amide bonds. The quantitative estimate of drug-likeness (QED) is 0.800. The number of nitrogens with zero attached hydrogens (tertiary/aromatic N) is 2. The predicted molar refractivity (Wildman–Crippen MR) is 86.8 cm³/mol. The van der Waals surface area contributed by atoms with Crippen molar-refractivity contribution in [2.24, 2.45) is 0 Å². The van der Waals surface area contributed by atoms with Gasteiger partial charge in [0.15, 0.2) is 0 Å². The summed E-state index contributed by atoms with van der Waals surface area (Å²) in [7, 11) is 1.66. The van der Waals surface area contributed by atoms with E-state index in [1.807, 2.05) is 0 Å². The molecule has 1 N–H and O–H groups in total. The van der Waals surface area contributed by atoms with E-state index in [0.717, 1.165) is 24.8 Å². The number of rotatable bonds is 3. The molecule has 23 heavy (non-hydrogen) atoms. The minimum atomic E-state index is -0.325. The SMILES string of the molecule is CN(Cc1ccco1)C(=O)c1nc2sc3c(c2c(=O)[nH]1)CCC3. The molecular weight excluding hydrogens is 314 g/mol. The van der Waals surface area contributed by atoms with Gasteiger partial charge in [0.05, 0.1) is 18.2 Å². The Kier molecular flexibility index (Phi) is 3.30. The lowest BCUT2D eigenvalue weighted by atomic mass is 10.2. The standard InChI is InChI=1S/C16H15N3O3S/c1-19(8-9-4-3-7-22-9)16(21)13-17-14(20)12-10-5-2-6-11(10)23-15(12)18-13/h3-4,7H,2,5-6,8H2,1H3,(H,17,18,20). The van der Waals surface area contributed by atoms with Gasteiger partial charge in [-0.1, -0.05) is 0 Å². The number of hydrogen-bond acceptors (Lipinski definition) is 5.